The van der Waals surface area contributed by atoms with Gasteiger partial charge in [-0.2, -0.15) is 0 Å². The minimum atomic E-state index is -1.24. The molecule has 0 radical (unpaired) electrons. The van der Waals surface area contributed by atoms with Crippen LogP contribution in [0.25, 0.3) is 11.0 Å². The first-order valence-corrected chi connectivity index (χ1v) is 5.35. The van der Waals surface area contributed by atoms with Crippen LogP contribution in [0.2, 0.25) is 5.02 Å². The maximum atomic E-state index is 9.85. The van der Waals surface area contributed by atoms with Gasteiger partial charge in [-0.3, -0.25) is 0 Å². The number of hydrogen-bond donors (Lipinski definition) is 2. The molecule has 1 atom stereocenters. The molecule has 0 spiro atoms. The molecule has 3 nitrogen and oxygen atoms in total. The highest BCUT2D eigenvalue weighted by molar-refractivity contribution is 6.31. The van der Waals surface area contributed by atoms with E-state index >= 15 is 0 Å². The number of aliphatic hydroxyl groups excluding tert-OH is 1. The molecule has 0 saturated heterocycles. The van der Waals surface area contributed by atoms with Crippen LogP contribution in [0, 0.1) is 0 Å². The molecule has 16 heavy (non-hydrogen) atoms. The maximum absolute atomic E-state index is 9.85. The summed E-state index contributed by atoms with van der Waals surface area (Å²) in [5, 5.41) is 21.0. The Morgan fingerprint density at radius 1 is 1.31 bits per heavy atom. The second-order valence-electron chi connectivity index (χ2n) is 4.39. The molecular formula is C12H13ClO3. The summed E-state index contributed by atoms with van der Waals surface area (Å²) in [4.78, 5) is 0. The average molecular weight is 241 g/mol. The van der Waals surface area contributed by atoms with Gasteiger partial charge in [-0.1, -0.05) is 11.6 Å². The summed E-state index contributed by atoms with van der Waals surface area (Å²) in [6.07, 6.45) is -1.06. The molecule has 86 valence electrons. The largest absolute Gasteiger partial charge is 0.458 e. The van der Waals surface area contributed by atoms with E-state index in [1.807, 2.05) is 0 Å². The lowest BCUT2D eigenvalue weighted by molar-refractivity contribution is -0.0588. The Hall–Kier alpha value is -1.03. The van der Waals surface area contributed by atoms with Crippen molar-refractivity contribution in [2.75, 3.05) is 0 Å². The van der Waals surface area contributed by atoms with Gasteiger partial charge in [0, 0.05) is 10.4 Å². The standard InChI is InChI=1S/C12H13ClO3/c1-12(2,15)11(14)10-6-7-5-8(13)3-4-9(7)16-10/h3-6,11,14-15H,1-2H3. The van der Waals surface area contributed by atoms with Crippen molar-refractivity contribution in [3.8, 4) is 0 Å². The van der Waals surface area contributed by atoms with Gasteiger partial charge in [0.15, 0.2) is 0 Å². The van der Waals surface area contributed by atoms with Crippen molar-refractivity contribution in [2.45, 2.75) is 25.6 Å². The van der Waals surface area contributed by atoms with Crippen molar-refractivity contribution in [2.24, 2.45) is 0 Å². The van der Waals surface area contributed by atoms with Gasteiger partial charge >= 0.3 is 0 Å². The first-order valence-electron chi connectivity index (χ1n) is 4.97. The number of halogens is 1. The molecule has 4 heteroatoms. The van der Waals surface area contributed by atoms with E-state index in [0.717, 1.165) is 5.39 Å². The van der Waals surface area contributed by atoms with Gasteiger partial charge in [-0.25, -0.2) is 0 Å². The smallest absolute Gasteiger partial charge is 0.140 e. The molecule has 0 fully saturated rings. The van der Waals surface area contributed by atoms with Crippen molar-refractivity contribution in [1.29, 1.82) is 0 Å². The molecule has 1 heterocycles. The fourth-order valence-electron chi connectivity index (χ4n) is 1.52. The molecule has 0 aliphatic carbocycles. The Morgan fingerprint density at radius 2 is 2.00 bits per heavy atom. The van der Waals surface area contributed by atoms with E-state index in [4.69, 9.17) is 16.0 Å². The summed E-state index contributed by atoms with van der Waals surface area (Å²) < 4.78 is 5.44. The lowest BCUT2D eigenvalue weighted by Crippen LogP contribution is -2.28. The van der Waals surface area contributed by atoms with Gasteiger partial charge in [0.05, 0.1) is 5.60 Å². The van der Waals surface area contributed by atoms with Crippen LogP contribution in [0.1, 0.15) is 25.7 Å². The molecule has 0 aliphatic heterocycles. The summed E-state index contributed by atoms with van der Waals surface area (Å²) in [5.74, 6) is 0.338. The molecule has 1 aromatic heterocycles. The van der Waals surface area contributed by atoms with Gasteiger partial charge in [0.25, 0.3) is 0 Å². The fraction of sp³-hybridized carbons (Fsp3) is 0.333. The van der Waals surface area contributed by atoms with E-state index in [1.165, 1.54) is 13.8 Å². The molecule has 0 saturated carbocycles. The molecule has 0 amide bonds. The van der Waals surface area contributed by atoms with Crippen LogP contribution in [0.15, 0.2) is 28.7 Å². The molecule has 0 aliphatic rings. The normalized spacial score (nSPS) is 14.3. The van der Waals surface area contributed by atoms with Crippen LogP contribution >= 0.6 is 11.6 Å². The average Bonchev–Trinajstić information content (AvgIpc) is 2.57. The summed E-state index contributed by atoms with van der Waals surface area (Å²) in [6.45, 7) is 3.05. The summed E-state index contributed by atoms with van der Waals surface area (Å²) in [6, 6.07) is 6.89. The summed E-state index contributed by atoms with van der Waals surface area (Å²) in [7, 11) is 0. The van der Waals surface area contributed by atoms with Crippen molar-refractivity contribution in [3.05, 3.63) is 35.0 Å². The predicted molar refractivity (Wildman–Crippen MR) is 62.5 cm³/mol. The number of hydrogen-bond acceptors (Lipinski definition) is 3. The maximum Gasteiger partial charge on any atom is 0.140 e. The van der Waals surface area contributed by atoms with Crippen LogP contribution in [0.5, 0.6) is 0 Å². The van der Waals surface area contributed by atoms with Crippen molar-refractivity contribution in [1.82, 2.24) is 0 Å². The van der Waals surface area contributed by atoms with Gasteiger partial charge in [-0.05, 0) is 38.1 Å². The Labute approximate surface area is 98.3 Å². The third-order valence-corrected chi connectivity index (χ3v) is 2.67. The van der Waals surface area contributed by atoms with E-state index in [0.29, 0.717) is 16.4 Å². The van der Waals surface area contributed by atoms with Crippen LogP contribution < -0.4 is 0 Å². The number of furan rings is 1. The Balaban J connectivity index is 2.47. The van der Waals surface area contributed by atoms with Crippen molar-refractivity contribution in [3.63, 3.8) is 0 Å². The number of rotatable bonds is 2. The minimum Gasteiger partial charge on any atom is -0.458 e. The monoisotopic (exact) mass is 240 g/mol. The molecule has 2 N–H and O–H groups in total. The van der Waals surface area contributed by atoms with Gasteiger partial charge < -0.3 is 14.6 Å². The van der Waals surface area contributed by atoms with E-state index < -0.39 is 11.7 Å². The van der Waals surface area contributed by atoms with Crippen molar-refractivity contribution >= 4 is 22.6 Å². The lowest BCUT2D eigenvalue weighted by atomic mass is 10.00. The lowest BCUT2D eigenvalue weighted by Gasteiger charge is -2.22. The van der Waals surface area contributed by atoms with E-state index in [2.05, 4.69) is 0 Å². The van der Waals surface area contributed by atoms with Gasteiger partial charge in [-0.15, -0.1) is 0 Å². The third-order valence-electron chi connectivity index (χ3n) is 2.44. The number of aliphatic hydroxyl groups is 2. The topological polar surface area (TPSA) is 53.6 Å². The quantitative estimate of drug-likeness (QED) is 0.849. The molecule has 2 rings (SSSR count). The SMILES string of the molecule is CC(C)(O)C(O)c1cc2cc(Cl)ccc2o1. The third kappa shape index (κ3) is 2.07. The highest BCUT2D eigenvalue weighted by atomic mass is 35.5. The minimum absolute atomic E-state index is 0.338. The fourth-order valence-corrected chi connectivity index (χ4v) is 1.70. The molecule has 1 aromatic carbocycles. The molecule has 1 unspecified atom stereocenters. The molecule has 2 aromatic rings. The summed E-state index contributed by atoms with van der Waals surface area (Å²) >= 11 is 5.84. The predicted octanol–water partition coefficient (Wildman–Crippen LogP) is 2.89. The van der Waals surface area contributed by atoms with Crippen LogP contribution in [-0.4, -0.2) is 15.8 Å². The second-order valence-corrected chi connectivity index (χ2v) is 4.82. The zero-order valence-corrected chi connectivity index (χ0v) is 9.82. The number of fused-ring (bicyclic) bond motifs is 1. The highest BCUT2D eigenvalue weighted by Gasteiger charge is 2.29. The second kappa shape index (κ2) is 3.77. The first-order chi connectivity index (χ1) is 7.38. The Morgan fingerprint density at radius 3 is 2.62 bits per heavy atom. The van der Waals surface area contributed by atoms with Gasteiger partial charge in [0.1, 0.15) is 17.4 Å². The van der Waals surface area contributed by atoms with E-state index in [9.17, 15) is 10.2 Å². The van der Waals surface area contributed by atoms with Crippen molar-refractivity contribution < 1.29 is 14.6 Å². The van der Waals surface area contributed by atoms with E-state index in [-0.39, 0.29) is 0 Å². The highest BCUT2D eigenvalue weighted by Crippen LogP contribution is 2.31. The van der Waals surface area contributed by atoms with Crippen LogP contribution in [0.4, 0.5) is 0 Å². The van der Waals surface area contributed by atoms with Crippen LogP contribution in [-0.2, 0) is 0 Å². The van der Waals surface area contributed by atoms with Crippen LogP contribution in [0.3, 0.4) is 0 Å². The zero-order chi connectivity index (χ0) is 11.9. The Kier molecular flexibility index (Phi) is 2.70. The Bertz CT molecular complexity index is 510. The first kappa shape index (κ1) is 11.5. The number of benzene rings is 1. The molecule has 0 bridgehead atoms. The summed E-state index contributed by atoms with van der Waals surface area (Å²) in [5.41, 5.74) is -0.597. The molecular weight excluding hydrogens is 228 g/mol. The van der Waals surface area contributed by atoms with Gasteiger partial charge in [0.2, 0.25) is 0 Å². The van der Waals surface area contributed by atoms with E-state index in [1.54, 1.807) is 24.3 Å². The zero-order valence-electron chi connectivity index (χ0n) is 9.07.